The summed E-state index contributed by atoms with van der Waals surface area (Å²) in [6, 6.07) is 3.19. The number of hydrogen-bond donors (Lipinski definition) is 0. The number of methoxy groups -OCH3 is 1. The van der Waals surface area contributed by atoms with Crippen LogP contribution in [0.4, 0.5) is 0 Å². The van der Waals surface area contributed by atoms with Crippen molar-refractivity contribution in [2.24, 2.45) is 0 Å². The minimum Gasteiger partial charge on any atom is -0.466 e. The van der Waals surface area contributed by atoms with Crippen molar-refractivity contribution in [1.82, 2.24) is 25.3 Å². The molecular weight excluding hydrogens is 202 g/mol. The van der Waals surface area contributed by atoms with Crippen molar-refractivity contribution < 1.29 is 14.3 Å². The highest BCUT2D eigenvalue weighted by atomic mass is 16.6. The molecule has 78 valence electrons. The maximum atomic E-state index is 10.8. The molecule has 0 aliphatic rings. The minimum absolute atomic E-state index is 0.197. The summed E-state index contributed by atoms with van der Waals surface area (Å²) in [5.74, 6) is -0.228. The Balaban J connectivity index is 2.11. The van der Waals surface area contributed by atoms with Crippen LogP contribution in [0, 0.1) is 0 Å². The van der Waals surface area contributed by atoms with Crippen LogP contribution in [-0.4, -0.2) is 44.9 Å². The van der Waals surface area contributed by atoms with Gasteiger partial charge in [0.1, 0.15) is 0 Å². The predicted octanol–water partition coefficient (Wildman–Crippen LogP) is -0.929. The van der Waals surface area contributed by atoms with Crippen molar-refractivity contribution in [3.8, 4) is 5.88 Å². The summed E-state index contributed by atoms with van der Waals surface area (Å²) < 4.78 is 10.6. The zero-order valence-electron chi connectivity index (χ0n) is 7.82. The third kappa shape index (κ3) is 1.98. The third-order valence-electron chi connectivity index (χ3n) is 1.61. The lowest BCUT2D eigenvalue weighted by Gasteiger charge is -2.02. The molecule has 0 amide bonds. The van der Waals surface area contributed by atoms with Gasteiger partial charge in [-0.3, -0.25) is 0 Å². The number of ether oxygens (including phenoxy) is 2. The molecule has 8 nitrogen and oxygen atoms in total. The molecular formula is C7H7N5O3. The van der Waals surface area contributed by atoms with E-state index < -0.39 is 5.97 Å². The van der Waals surface area contributed by atoms with Crippen molar-refractivity contribution in [1.29, 1.82) is 0 Å². The number of carbonyl (C=O) groups excluding carboxylic acids is 1. The molecule has 0 aromatic carbocycles. The van der Waals surface area contributed by atoms with Gasteiger partial charge in [0.15, 0.2) is 12.3 Å². The second-order valence-corrected chi connectivity index (χ2v) is 2.56. The second kappa shape index (κ2) is 3.86. The number of hydrogen-bond acceptors (Lipinski definition) is 7. The summed E-state index contributed by atoms with van der Waals surface area (Å²) in [4.78, 5) is 10.8. The Kier molecular flexibility index (Phi) is 2.40. The Bertz CT molecular complexity index is 482. The van der Waals surface area contributed by atoms with E-state index in [1.807, 2.05) is 0 Å². The molecule has 2 heterocycles. The first-order valence-electron chi connectivity index (χ1n) is 4.04. The fraction of sp³-hybridized carbons (Fsp3) is 0.286. The molecule has 0 N–H and O–H groups in total. The molecule has 8 heteroatoms. The summed E-state index contributed by atoms with van der Waals surface area (Å²) in [6.07, 6.45) is 0. The maximum Gasteiger partial charge on any atom is 0.343 e. The number of tetrazole rings is 1. The second-order valence-electron chi connectivity index (χ2n) is 2.56. The van der Waals surface area contributed by atoms with Gasteiger partial charge in [0.25, 0.3) is 0 Å². The molecule has 0 saturated heterocycles. The van der Waals surface area contributed by atoms with Crippen molar-refractivity contribution >= 4 is 11.6 Å². The van der Waals surface area contributed by atoms with Gasteiger partial charge in [-0.15, -0.1) is 14.8 Å². The van der Waals surface area contributed by atoms with Crippen molar-refractivity contribution in [2.75, 3.05) is 13.7 Å². The van der Waals surface area contributed by atoms with Gasteiger partial charge >= 0.3 is 5.97 Å². The molecule has 2 aromatic heterocycles. The van der Waals surface area contributed by atoms with Crippen molar-refractivity contribution in [3.63, 3.8) is 0 Å². The van der Waals surface area contributed by atoms with Crippen LogP contribution in [0.25, 0.3) is 5.65 Å². The lowest BCUT2D eigenvalue weighted by Crippen LogP contribution is -2.13. The largest absolute Gasteiger partial charge is 0.466 e. The van der Waals surface area contributed by atoms with Gasteiger partial charge in [-0.05, 0) is 16.5 Å². The molecule has 0 radical (unpaired) electrons. The Morgan fingerprint density at radius 3 is 3.20 bits per heavy atom. The van der Waals surface area contributed by atoms with Crippen LogP contribution in [0.1, 0.15) is 0 Å². The quantitative estimate of drug-likeness (QED) is 0.603. The van der Waals surface area contributed by atoms with Crippen LogP contribution in [0.15, 0.2) is 12.1 Å². The molecule has 2 rings (SSSR count). The zero-order chi connectivity index (χ0) is 10.7. The minimum atomic E-state index is -0.478. The fourth-order valence-electron chi connectivity index (χ4n) is 0.902. The molecule has 0 saturated carbocycles. The maximum absolute atomic E-state index is 10.8. The fourth-order valence-corrected chi connectivity index (χ4v) is 0.902. The summed E-state index contributed by atoms with van der Waals surface area (Å²) in [5.41, 5.74) is 0.500. The highest BCUT2D eigenvalue weighted by Crippen LogP contribution is 2.05. The van der Waals surface area contributed by atoms with Crippen LogP contribution in [-0.2, 0) is 9.53 Å². The standard InChI is InChI=1S/C7H7N5O3/c1-14-7(13)4-15-6-3-2-5-8-10-11-12(5)9-6/h2-3H,4H2,1H3. The molecule has 0 bridgehead atoms. The topological polar surface area (TPSA) is 91.5 Å². The van der Waals surface area contributed by atoms with Crippen LogP contribution in [0.2, 0.25) is 0 Å². The van der Waals surface area contributed by atoms with E-state index in [2.05, 4.69) is 25.4 Å². The number of aromatic nitrogens is 5. The predicted molar refractivity (Wildman–Crippen MR) is 46.1 cm³/mol. The average molecular weight is 209 g/mol. The van der Waals surface area contributed by atoms with Crippen LogP contribution >= 0.6 is 0 Å². The van der Waals surface area contributed by atoms with E-state index in [0.29, 0.717) is 5.65 Å². The Labute approximate surface area is 83.8 Å². The average Bonchev–Trinajstić information content (AvgIpc) is 2.72. The number of nitrogens with zero attached hydrogens (tertiary/aromatic N) is 5. The van der Waals surface area contributed by atoms with E-state index in [1.54, 1.807) is 12.1 Å². The van der Waals surface area contributed by atoms with E-state index in [9.17, 15) is 4.79 Å². The molecule has 0 unspecified atom stereocenters. The van der Waals surface area contributed by atoms with Gasteiger partial charge in [-0.2, -0.15) is 0 Å². The summed E-state index contributed by atoms with van der Waals surface area (Å²) in [7, 11) is 1.28. The van der Waals surface area contributed by atoms with Gasteiger partial charge in [0.2, 0.25) is 5.88 Å². The Hall–Kier alpha value is -2.25. The highest BCUT2D eigenvalue weighted by Gasteiger charge is 2.04. The van der Waals surface area contributed by atoms with Gasteiger partial charge in [0, 0.05) is 6.07 Å². The first kappa shape index (κ1) is 9.31. The molecule has 0 aliphatic heterocycles. The molecule has 15 heavy (non-hydrogen) atoms. The zero-order valence-corrected chi connectivity index (χ0v) is 7.82. The molecule has 2 aromatic rings. The van der Waals surface area contributed by atoms with E-state index in [-0.39, 0.29) is 12.5 Å². The first-order chi connectivity index (χ1) is 7.29. The molecule has 0 spiro atoms. The van der Waals surface area contributed by atoms with E-state index in [0.717, 1.165) is 0 Å². The van der Waals surface area contributed by atoms with Gasteiger partial charge in [-0.1, -0.05) is 0 Å². The van der Waals surface area contributed by atoms with E-state index >= 15 is 0 Å². The Morgan fingerprint density at radius 1 is 1.53 bits per heavy atom. The van der Waals surface area contributed by atoms with Crippen molar-refractivity contribution in [2.45, 2.75) is 0 Å². The number of esters is 1. The first-order valence-corrected chi connectivity index (χ1v) is 4.04. The third-order valence-corrected chi connectivity index (χ3v) is 1.61. The normalized spacial score (nSPS) is 10.2. The monoisotopic (exact) mass is 209 g/mol. The SMILES string of the molecule is COC(=O)COc1ccc2nnnn2n1. The summed E-state index contributed by atoms with van der Waals surface area (Å²) in [6.45, 7) is -0.197. The number of carbonyl (C=O) groups is 1. The van der Waals surface area contributed by atoms with Crippen LogP contribution in [0.5, 0.6) is 5.88 Å². The van der Waals surface area contributed by atoms with Gasteiger partial charge in [-0.25, -0.2) is 4.79 Å². The number of rotatable bonds is 3. The van der Waals surface area contributed by atoms with E-state index in [4.69, 9.17) is 4.74 Å². The molecule has 0 fully saturated rings. The van der Waals surface area contributed by atoms with Gasteiger partial charge in [0.05, 0.1) is 7.11 Å². The summed E-state index contributed by atoms with van der Waals surface area (Å²) >= 11 is 0. The highest BCUT2D eigenvalue weighted by molar-refractivity contribution is 5.70. The lowest BCUT2D eigenvalue weighted by atomic mass is 10.5. The van der Waals surface area contributed by atoms with Crippen LogP contribution < -0.4 is 4.74 Å². The van der Waals surface area contributed by atoms with E-state index in [1.165, 1.54) is 11.7 Å². The lowest BCUT2D eigenvalue weighted by molar-refractivity contribution is -0.143. The van der Waals surface area contributed by atoms with Gasteiger partial charge < -0.3 is 9.47 Å². The van der Waals surface area contributed by atoms with Crippen LogP contribution in [0.3, 0.4) is 0 Å². The summed E-state index contributed by atoms with van der Waals surface area (Å²) in [5, 5.41) is 14.5. The molecule has 0 aliphatic carbocycles. The van der Waals surface area contributed by atoms with Crippen molar-refractivity contribution in [3.05, 3.63) is 12.1 Å². The Morgan fingerprint density at radius 2 is 2.40 bits per heavy atom. The molecule has 0 atom stereocenters. The smallest absolute Gasteiger partial charge is 0.343 e. The number of fused-ring (bicyclic) bond motifs is 1.